The number of amides is 1. The zero-order chi connectivity index (χ0) is 17.2. The summed E-state index contributed by atoms with van der Waals surface area (Å²) >= 11 is 7.38. The van der Waals surface area contributed by atoms with Crippen molar-refractivity contribution in [3.63, 3.8) is 0 Å². The van der Waals surface area contributed by atoms with Gasteiger partial charge in [-0.1, -0.05) is 35.1 Å². The summed E-state index contributed by atoms with van der Waals surface area (Å²) in [6, 6.07) is 7.68. The molecule has 0 aliphatic heterocycles. The first-order valence-corrected chi connectivity index (χ1v) is 9.60. The van der Waals surface area contributed by atoms with Gasteiger partial charge in [-0.2, -0.15) is 9.61 Å². The standard InChI is InChI=1S/C17H18ClN5OS/c18-13-5-1-11(2-6-13)9-10-19-14(24)7-8-15-22-23-16(12-3-4-12)20-21-17(23)25-15/h1-2,5-6,12H,3-4,7-10H2,(H,19,24). The molecular formula is C17H18ClN5OS. The van der Waals surface area contributed by atoms with Crippen molar-refractivity contribution in [3.8, 4) is 0 Å². The number of carbonyl (C=O) groups is 1. The first kappa shape index (κ1) is 16.5. The van der Waals surface area contributed by atoms with Crippen molar-refractivity contribution in [2.75, 3.05) is 6.54 Å². The van der Waals surface area contributed by atoms with E-state index in [1.807, 2.05) is 28.8 Å². The molecule has 0 atom stereocenters. The molecule has 2 aromatic heterocycles. The van der Waals surface area contributed by atoms with Crippen LogP contribution in [0.3, 0.4) is 0 Å². The minimum absolute atomic E-state index is 0.0438. The van der Waals surface area contributed by atoms with Gasteiger partial charge in [0.2, 0.25) is 10.9 Å². The van der Waals surface area contributed by atoms with Crippen molar-refractivity contribution in [2.24, 2.45) is 0 Å². The van der Waals surface area contributed by atoms with Crippen LogP contribution in [-0.2, 0) is 17.6 Å². The van der Waals surface area contributed by atoms with E-state index >= 15 is 0 Å². The van der Waals surface area contributed by atoms with Crippen LogP contribution >= 0.6 is 22.9 Å². The van der Waals surface area contributed by atoms with Gasteiger partial charge in [-0.3, -0.25) is 4.79 Å². The van der Waals surface area contributed by atoms with Crippen LogP contribution < -0.4 is 5.32 Å². The summed E-state index contributed by atoms with van der Waals surface area (Å²) in [5.41, 5.74) is 1.16. The fraction of sp³-hybridized carbons (Fsp3) is 0.412. The number of hydrogen-bond donors (Lipinski definition) is 1. The Morgan fingerprint density at radius 3 is 2.80 bits per heavy atom. The van der Waals surface area contributed by atoms with E-state index in [1.165, 1.54) is 24.2 Å². The Labute approximate surface area is 154 Å². The lowest BCUT2D eigenvalue weighted by atomic mass is 10.1. The van der Waals surface area contributed by atoms with Crippen LogP contribution in [0, 0.1) is 0 Å². The van der Waals surface area contributed by atoms with E-state index in [1.54, 1.807) is 0 Å². The Balaban J connectivity index is 1.25. The van der Waals surface area contributed by atoms with Crippen molar-refractivity contribution in [3.05, 3.63) is 45.7 Å². The minimum Gasteiger partial charge on any atom is -0.356 e. The summed E-state index contributed by atoms with van der Waals surface area (Å²) in [5, 5.41) is 17.5. The van der Waals surface area contributed by atoms with Gasteiger partial charge < -0.3 is 5.32 Å². The van der Waals surface area contributed by atoms with Gasteiger partial charge in [-0.25, -0.2) is 0 Å². The Kier molecular flexibility index (Phi) is 4.67. The summed E-state index contributed by atoms with van der Waals surface area (Å²) in [6.07, 6.45) is 4.20. The fourth-order valence-electron chi connectivity index (χ4n) is 2.68. The number of hydrogen-bond acceptors (Lipinski definition) is 5. The number of rotatable bonds is 7. The van der Waals surface area contributed by atoms with Gasteiger partial charge in [0, 0.05) is 30.3 Å². The molecule has 0 spiro atoms. The molecule has 1 fully saturated rings. The van der Waals surface area contributed by atoms with Gasteiger partial charge in [0.05, 0.1) is 0 Å². The third kappa shape index (κ3) is 3.99. The smallest absolute Gasteiger partial charge is 0.234 e. The fourth-order valence-corrected chi connectivity index (χ4v) is 3.64. The molecule has 1 saturated carbocycles. The Morgan fingerprint density at radius 2 is 2.04 bits per heavy atom. The van der Waals surface area contributed by atoms with E-state index in [0.29, 0.717) is 25.3 Å². The average molecular weight is 376 g/mol. The van der Waals surface area contributed by atoms with Crippen molar-refractivity contribution in [2.45, 2.75) is 38.0 Å². The molecule has 1 aliphatic rings. The van der Waals surface area contributed by atoms with Crippen LogP contribution in [0.15, 0.2) is 24.3 Å². The largest absolute Gasteiger partial charge is 0.356 e. The highest BCUT2D eigenvalue weighted by Crippen LogP contribution is 2.39. The molecule has 2 heterocycles. The molecule has 0 unspecified atom stereocenters. The van der Waals surface area contributed by atoms with E-state index in [4.69, 9.17) is 11.6 Å². The lowest BCUT2D eigenvalue weighted by molar-refractivity contribution is -0.121. The number of nitrogens with one attached hydrogen (secondary N) is 1. The average Bonchev–Trinajstić information content (AvgIpc) is 3.24. The molecule has 6 nitrogen and oxygen atoms in total. The van der Waals surface area contributed by atoms with Crippen LogP contribution in [0.2, 0.25) is 5.02 Å². The van der Waals surface area contributed by atoms with E-state index in [-0.39, 0.29) is 5.91 Å². The predicted molar refractivity (Wildman–Crippen MR) is 97.1 cm³/mol. The number of nitrogens with zero attached hydrogens (tertiary/aromatic N) is 4. The normalized spacial score (nSPS) is 14.1. The SMILES string of the molecule is O=C(CCc1nn2c(C3CC3)nnc2s1)NCCc1ccc(Cl)cc1. The summed E-state index contributed by atoms with van der Waals surface area (Å²) in [5.74, 6) is 1.52. The molecule has 25 heavy (non-hydrogen) atoms. The predicted octanol–water partition coefficient (Wildman–Crippen LogP) is 3.01. The topological polar surface area (TPSA) is 72.2 Å². The molecule has 0 radical (unpaired) electrons. The number of fused-ring (bicyclic) bond motifs is 1. The number of halogens is 1. The zero-order valence-corrected chi connectivity index (χ0v) is 15.2. The lowest BCUT2D eigenvalue weighted by Gasteiger charge is -2.04. The molecule has 130 valence electrons. The second-order valence-electron chi connectivity index (χ2n) is 6.25. The highest BCUT2D eigenvalue weighted by Gasteiger charge is 2.30. The number of carbonyl (C=O) groups excluding carboxylic acids is 1. The Hall–Kier alpha value is -1.99. The molecule has 1 N–H and O–H groups in total. The van der Waals surface area contributed by atoms with Gasteiger partial charge in [-0.05, 0) is 37.0 Å². The van der Waals surface area contributed by atoms with E-state index < -0.39 is 0 Å². The maximum Gasteiger partial charge on any atom is 0.234 e. The maximum absolute atomic E-state index is 12.0. The zero-order valence-electron chi connectivity index (χ0n) is 13.6. The molecule has 8 heteroatoms. The summed E-state index contributed by atoms with van der Waals surface area (Å²) in [6.45, 7) is 0.622. The molecule has 1 aliphatic carbocycles. The van der Waals surface area contributed by atoms with E-state index in [2.05, 4.69) is 20.6 Å². The van der Waals surface area contributed by atoms with Crippen molar-refractivity contribution in [1.82, 2.24) is 25.1 Å². The van der Waals surface area contributed by atoms with Crippen LogP contribution in [0.1, 0.15) is 41.6 Å². The third-order valence-electron chi connectivity index (χ3n) is 4.21. The second-order valence-corrected chi connectivity index (χ2v) is 7.73. The lowest BCUT2D eigenvalue weighted by Crippen LogP contribution is -2.25. The van der Waals surface area contributed by atoms with Crippen LogP contribution in [0.4, 0.5) is 0 Å². The monoisotopic (exact) mass is 375 g/mol. The van der Waals surface area contributed by atoms with Gasteiger partial charge >= 0.3 is 0 Å². The van der Waals surface area contributed by atoms with Crippen LogP contribution in [-0.4, -0.2) is 32.3 Å². The van der Waals surface area contributed by atoms with Crippen molar-refractivity contribution >= 4 is 33.8 Å². The molecule has 1 aromatic carbocycles. The Morgan fingerprint density at radius 1 is 1.24 bits per heavy atom. The van der Waals surface area contributed by atoms with Gasteiger partial charge in [0.1, 0.15) is 5.01 Å². The van der Waals surface area contributed by atoms with Crippen molar-refractivity contribution < 1.29 is 4.79 Å². The number of benzene rings is 1. The highest BCUT2D eigenvalue weighted by molar-refractivity contribution is 7.16. The van der Waals surface area contributed by atoms with E-state index in [9.17, 15) is 4.79 Å². The van der Waals surface area contributed by atoms with Gasteiger partial charge in [0.25, 0.3) is 0 Å². The van der Waals surface area contributed by atoms with E-state index in [0.717, 1.165) is 32.8 Å². The first-order valence-electron chi connectivity index (χ1n) is 8.41. The first-order chi connectivity index (χ1) is 12.2. The summed E-state index contributed by atoms with van der Waals surface area (Å²) in [4.78, 5) is 12.8. The second kappa shape index (κ2) is 7.09. The molecule has 0 bridgehead atoms. The molecule has 4 rings (SSSR count). The quantitative estimate of drug-likeness (QED) is 0.689. The minimum atomic E-state index is 0.0438. The molecule has 1 amide bonds. The molecule has 0 saturated heterocycles. The summed E-state index contributed by atoms with van der Waals surface area (Å²) in [7, 11) is 0. The third-order valence-corrected chi connectivity index (χ3v) is 5.42. The molecule has 3 aromatic rings. The number of aryl methyl sites for hydroxylation is 1. The van der Waals surface area contributed by atoms with Gasteiger partial charge in [-0.15, -0.1) is 10.2 Å². The number of aromatic nitrogens is 4. The maximum atomic E-state index is 12.0. The highest BCUT2D eigenvalue weighted by atomic mass is 35.5. The van der Waals surface area contributed by atoms with Gasteiger partial charge in [0.15, 0.2) is 5.82 Å². The Bertz CT molecular complexity index is 884. The summed E-state index contributed by atoms with van der Waals surface area (Å²) < 4.78 is 1.84. The van der Waals surface area contributed by atoms with Crippen LogP contribution in [0.5, 0.6) is 0 Å². The van der Waals surface area contributed by atoms with Crippen molar-refractivity contribution in [1.29, 1.82) is 0 Å². The molecular weight excluding hydrogens is 358 g/mol. The van der Waals surface area contributed by atoms with Crippen LogP contribution in [0.25, 0.3) is 4.96 Å².